The zero-order valence-electron chi connectivity index (χ0n) is 13.9. The van der Waals surface area contributed by atoms with E-state index in [-0.39, 0.29) is 12.5 Å². The maximum absolute atomic E-state index is 12.2. The monoisotopic (exact) mass is 351 g/mol. The van der Waals surface area contributed by atoms with Crippen LogP contribution in [0.4, 0.5) is 0 Å². The van der Waals surface area contributed by atoms with E-state index in [0.717, 1.165) is 11.3 Å². The average Bonchev–Trinajstić information content (AvgIpc) is 2.58. The zero-order chi connectivity index (χ0) is 16.7. The smallest absolute Gasteiger partial charge is 0.260 e. The number of likely N-dealkylation sites (N-methyl/N-ethyl adjacent to an activating group) is 1. The average molecular weight is 352 g/mol. The fraction of sp³-hybridized carbons (Fsp3) is 0.500. The van der Waals surface area contributed by atoms with Crippen molar-refractivity contribution in [2.75, 3.05) is 31.2 Å². The lowest BCUT2D eigenvalue weighted by molar-refractivity contribution is -0.132. The molecule has 0 aliphatic carbocycles. The van der Waals surface area contributed by atoms with E-state index in [2.05, 4.69) is 18.7 Å². The molecule has 0 atom stereocenters. The van der Waals surface area contributed by atoms with Crippen LogP contribution in [-0.2, 0) is 4.79 Å². The van der Waals surface area contributed by atoms with Gasteiger partial charge in [-0.15, -0.1) is 23.5 Å². The number of benzene rings is 1. The summed E-state index contributed by atoms with van der Waals surface area (Å²) < 4.78 is 6.17. The van der Waals surface area contributed by atoms with Crippen molar-refractivity contribution in [3.63, 3.8) is 0 Å². The second kappa shape index (κ2) is 9.28. The maximum atomic E-state index is 12.2. The van der Waals surface area contributed by atoms with Gasteiger partial charge in [-0.3, -0.25) is 4.79 Å². The Morgan fingerprint density at radius 2 is 1.96 bits per heavy atom. The first kappa shape index (κ1) is 18.3. The summed E-state index contributed by atoms with van der Waals surface area (Å²) in [6.07, 6.45) is 1.30. The summed E-state index contributed by atoms with van der Waals surface area (Å²) in [7, 11) is 0. The lowest BCUT2D eigenvalue weighted by Gasteiger charge is -2.22. The molecule has 1 aromatic carbocycles. The van der Waals surface area contributed by atoms with Gasteiger partial charge in [0.2, 0.25) is 0 Å². The highest BCUT2D eigenvalue weighted by atomic mass is 32.2. The number of rotatable bonds is 7. The van der Waals surface area contributed by atoms with E-state index >= 15 is 0 Å². The van der Waals surface area contributed by atoms with Crippen LogP contribution in [0, 0.1) is 0 Å². The summed E-state index contributed by atoms with van der Waals surface area (Å²) in [5.74, 6) is 3.22. The van der Waals surface area contributed by atoms with Crippen molar-refractivity contribution < 1.29 is 9.53 Å². The Morgan fingerprint density at radius 3 is 2.52 bits per heavy atom. The Kier molecular flexibility index (Phi) is 7.37. The Labute approximate surface area is 147 Å². The minimum atomic E-state index is -0.00188. The molecule has 1 saturated heterocycles. The number of nitrogens with zero attached hydrogens (tertiary/aromatic N) is 1. The normalized spacial score (nSPS) is 15.2. The molecule has 1 heterocycles. The molecule has 1 aromatic rings. The van der Waals surface area contributed by atoms with E-state index < -0.39 is 0 Å². The lowest BCUT2D eigenvalue weighted by Crippen LogP contribution is -2.35. The van der Waals surface area contributed by atoms with E-state index in [1.807, 2.05) is 49.5 Å². The molecule has 0 N–H and O–H groups in total. The Bertz CT molecular complexity index is 524. The van der Waals surface area contributed by atoms with E-state index in [9.17, 15) is 4.79 Å². The van der Waals surface area contributed by atoms with Gasteiger partial charge in [0.25, 0.3) is 5.91 Å². The SMILES string of the molecule is C=C(C)CN(CC)C(=O)COc1ccc(C2SCCCS2)cc1. The lowest BCUT2D eigenvalue weighted by atomic mass is 10.2. The predicted molar refractivity (Wildman–Crippen MR) is 101 cm³/mol. The molecule has 1 fully saturated rings. The summed E-state index contributed by atoms with van der Waals surface area (Å²) >= 11 is 4.01. The topological polar surface area (TPSA) is 29.5 Å². The minimum Gasteiger partial charge on any atom is -0.484 e. The van der Waals surface area contributed by atoms with E-state index in [4.69, 9.17) is 4.74 Å². The standard InChI is InChI=1S/C18H25NO2S2/c1-4-19(12-14(2)3)17(20)13-21-16-8-6-15(7-9-16)18-22-10-5-11-23-18/h6-9,18H,2,4-5,10-13H2,1,3H3. The molecule has 1 aliphatic rings. The molecule has 0 saturated carbocycles. The molecule has 23 heavy (non-hydrogen) atoms. The van der Waals surface area contributed by atoms with Crippen LogP contribution < -0.4 is 4.74 Å². The third-order valence-electron chi connectivity index (χ3n) is 3.54. The van der Waals surface area contributed by atoms with Gasteiger partial charge in [0.05, 0.1) is 4.58 Å². The third-order valence-corrected chi connectivity index (χ3v) is 6.55. The summed E-state index contributed by atoms with van der Waals surface area (Å²) in [5.41, 5.74) is 2.31. The second-order valence-corrected chi connectivity index (χ2v) is 8.37. The zero-order valence-corrected chi connectivity index (χ0v) is 15.5. The minimum absolute atomic E-state index is 0.00188. The highest BCUT2D eigenvalue weighted by Crippen LogP contribution is 2.43. The molecular weight excluding hydrogens is 326 g/mol. The van der Waals surface area contributed by atoms with E-state index in [1.54, 1.807) is 4.90 Å². The largest absolute Gasteiger partial charge is 0.484 e. The van der Waals surface area contributed by atoms with Crippen LogP contribution in [0.15, 0.2) is 36.4 Å². The van der Waals surface area contributed by atoms with Crippen LogP contribution in [0.1, 0.15) is 30.4 Å². The number of thioether (sulfide) groups is 2. The first-order valence-electron chi connectivity index (χ1n) is 7.98. The molecule has 5 heteroatoms. The first-order valence-corrected chi connectivity index (χ1v) is 10.1. The Morgan fingerprint density at radius 1 is 1.30 bits per heavy atom. The molecule has 0 aromatic heterocycles. The number of ether oxygens (including phenoxy) is 1. The van der Waals surface area contributed by atoms with Crippen molar-refractivity contribution >= 4 is 29.4 Å². The van der Waals surface area contributed by atoms with Crippen molar-refractivity contribution in [3.8, 4) is 5.75 Å². The first-order chi connectivity index (χ1) is 11.1. The highest BCUT2D eigenvalue weighted by Gasteiger charge is 2.17. The molecule has 0 radical (unpaired) electrons. The quantitative estimate of drug-likeness (QED) is 0.683. The van der Waals surface area contributed by atoms with Crippen molar-refractivity contribution in [3.05, 3.63) is 42.0 Å². The Hall–Kier alpha value is -1.07. The third kappa shape index (κ3) is 5.81. The van der Waals surface area contributed by atoms with Crippen molar-refractivity contribution in [2.45, 2.75) is 24.9 Å². The summed E-state index contributed by atoms with van der Waals surface area (Å²) in [5, 5.41) is 0. The molecule has 0 spiro atoms. The summed E-state index contributed by atoms with van der Waals surface area (Å²) in [6, 6.07) is 8.16. The number of carbonyl (C=O) groups excluding carboxylic acids is 1. The number of carbonyl (C=O) groups is 1. The van der Waals surface area contributed by atoms with Crippen molar-refractivity contribution in [1.29, 1.82) is 0 Å². The van der Waals surface area contributed by atoms with Gasteiger partial charge < -0.3 is 9.64 Å². The van der Waals surface area contributed by atoms with Gasteiger partial charge in [0, 0.05) is 13.1 Å². The van der Waals surface area contributed by atoms with Gasteiger partial charge in [0.15, 0.2) is 6.61 Å². The molecule has 3 nitrogen and oxygen atoms in total. The molecule has 2 rings (SSSR count). The highest BCUT2D eigenvalue weighted by molar-refractivity contribution is 8.16. The van der Waals surface area contributed by atoms with Gasteiger partial charge in [-0.25, -0.2) is 0 Å². The molecule has 0 bridgehead atoms. The van der Waals surface area contributed by atoms with Gasteiger partial charge in [-0.2, -0.15) is 0 Å². The van der Waals surface area contributed by atoms with Crippen LogP contribution in [0.25, 0.3) is 0 Å². The number of hydrogen-bond acceptors (Lipinski definition) is 4. The van der Waals surface area contributed by atoms with E-state index in [1.165, 1.54) is 23.5 Å². The molecule has 1 amide bonds. The fourth-order valence-corrected chi connectivity index (χ4v) is 5.23. The molecule has 126 valence electrons. The van der Waals surface area contributed by atoms with Crippen LogP contribution in [0.5, 0.6) is 5.75 Å². The van der Waals surface area contributed by atoms with Gasteiger partial charge in [0.1, 0.15) is 5.75 Å². The molecular formula is C18H25NO2S2. The fourth-order valence-electron chi connectivity index (χ4n) is 2.34. The van der Waals surface area contributed by atoms with Gasteiger partial charge in [-0.05, 0) is 49.5 Å². The van der Waals surface area contributed by atoms with Crippen LogP contribution in [0.2, 0.25) is 0 Å². The van der Waals surface area contributed by atoms with E-state index in [0.29, 0.717) is 17.7 Å². The summed E-state index contributed by atoms with van der Waals surface area (Å²) in [6.45, 7) is 9.09. The van der Waals surface area contributed by atoms with Crippen LogP contribution in [0.3, 0.4) is 0 Å². The molecule has 0 unspecified atom stereocenters. The maximum Gasteiger partial charge on any atom is 0.260 e. The second-order valence-electron chi connectivity index (χ2n) is 5.65. The molecule has 1 aliphatic heterocycles. The van der Waals surface area contributed by atoms with Gasteiger partial charge in [-0.1, -0.05) is 24.3 Å². The number of hydrogen-bond donors (Lipinski definition) is 0. The van der Waals surface area contributed by atoms with Crippen molar-refractivity contribution in [1.82, 2.24) is 4.90 Å². The van der Waals surface area contributed by atoms with Crippen molar-refractivity contribution in [2.24, 2.45) is 0 Å². The number of amides is 1. The van der Waals surface area contributed by atoms with Gasteiger partial charge >= 0.3 is 0 Å². The predicted octanol–water partition coefficient (Wildman–Crippen LogP) is 4.36. The Balaban J connectivity index is 1.85. The van der Waals surface area contributed by atoms with Crippen LogP contribution in [-0.4, -0.2) is 42.0 Å². The summed E-state index contributed by atoms with van der Waals surface area (Å²) in [4.78, 5) is 13.9. The van der Waals surface area contributed by atoms with Crippen LogP contribution >= 0.6 is 23.5 Å².